The molecule has 2 heterocycles. The minimum atomic E-state index is 0.590. The Bertz CT molecular complexity index is 326. The number of hydrogen-bond acceptors (Lipinski definition) is 4. The molecule has 2 rings (SSSR count). The standard InChI is InChI=1S/C11H20N4O/c1-12-10-3-5-15(9-10)11-13-4-6-14(11)7-8-16-2/h4,6,10,12H,3,5,7-9H2,1-2H3. The Morgan fingerprint density at radius 2 is 2.50 bits per heavy atom. The van der Waals surface area contributed by atoms with Crippen LogP contribution in [0.5, 0.6) is 0 Å². The van der Waals surface area contributed by atoms with Crippen LogP contribution in [0.15, 0.2) is 12.4 Å². The van der Waals surface area contributed by atoms with E-state index in [2.05, 4.69) is 19.8 Å². The van der Waals surface area contributed by atoms with Gasteiger partial charge in [-0.25, -0.2) is 4.98 Å². The van der Waals surface area contributed by atoms with Crippen molar-refractivity contribution in [3.05, 3.63) is 12.4 Å². The maximum Gasteiger partial charge on any atom is 0.205 e. The lowest BCUT2D eigenvalue weighted by molar-refractivity contribution is 0.187. The van der Waals surface area contributed by atoms with E-state index in [0.717, 1.165) is 32.2 Å². The summed E-state index contributed by atoms with van der Waals surface area (Å²) in [5, 5.41) is 3.32. The first kappa shape index (κ1) is 11.4. The topological polar surface area (TPSA) is 42.3 Å². The highest BCUT2D eigenvalue weighted by Crippen LogP contribution is 2.18. The van der Waals surface area contributed by atoms with Crippen molar-refractivity contribution < 1.29 is 4.74 Å². The molecule has 90 valence electrons. The Labute approximate surface area is 96.4 Å². The van der Waals surface area contributed by atoms with Gasteiger partial charge in [0.25, 0.3) is 0 Å². The normalized spacial score (nSPS) is 20.6. The summed E-state index contributed by atoms with van der Waals surface area (Å²) in [6.07, 6.45) is 5.06. The van der Waals surface area contributed by atoms with E-state index in [9.17, 15) is 0 Å². The molecule has 1 unspecified atom stereocenters. The lowest BCUT2D eigenvalue weighted by Gasteiger charge is -2.18. The molecule has 1 fully saturated rings. The van der Waals surface area contributed by atoms with Crippen LogP contribution in [-0.4, -0.2) is 49.4 Å². The lowest BCUT2D eigenvalue weighted by Crippen LogP contribution is -2.31. The lowest BCUT2D eigenvalue weighted by atomic mass is 10.3. The average Bonchev–Trinajstić information content (AvgIpc) is 2.94. The molecule has 1 saturated heterocycles. The van der Waals surface area contributed by atoms with E-state index in [4.69, 9.17) is 4.74 Å². The first-order valence-corrected chi connectivity index (χ1v) is 5.77. The Morgan fingerprint density at radius 1 is 1.62 bits per heavy atom. The molecule has 5 nitrogen and oxygen atoms in total. The van der Waals surface area contributed by atoms with Crippen LogP contribution in [-0.2, 0) is 11.3 Å². The van der Waals surface area contributed by atoms with E-state index in [1.165, 1.54) is 6.42 Å². The van der Waals surface area contributed by atoms with Crippen LogP contribution in [0.25, 0.3) is 0 Å². The van der Waals surface area contributed by atoms with Crippen molar-refractivity contribution in [3.8, 4) is 0 Å². The number of aromatic nitrogens is 2. The molecule has 0 bridgehead atoms. The fraction of sp³-hybridized carbons (Fsp3) is 0.727. The van der Waals surface area contributed by atoms with Gasteiger partial charge in [0.15, 0.2) is 0 Å². The van der Waals surface area contributed by atoms with E-state index in [0.29, 0.717) is 6.04 Å². The summed E-state index contributed by atoms with van der Waals surface area (Å²) in [7, 11) is 3.75. The summed E-state index contributed by atoms with van der Waals surface area (Å²) < 4.78 is 7.25. The monoisotopic (exact) mass is 224 g/mol. The van der Waals surface area contributed by atoms with Gasteiger partial charge in [0.2, 0.25) is 5.95 Å². The molecule has 1 aromatic heterocycles. The van der Waals surface area contributed by atoms with Gasteiger partial charge in [0.1, 0.15) is 0 Å². The zero-order valence-electron chi connectivity index (χ0n) is 10.0. The Kier molecular flexibility index (Phi) is 3.79. The third kappa shape index (κ3) is 2.36. The number of methoxy groups -OCH3 is 1. The van der Waals surface area contributed by atoms with E-state index >= 15 is 0 Å². The summed E-state index contributed by atoms with van der Waals surface area (Å²) in [5.74, 6) is 1.06. The smallest absolute Gasteiger partial charge is 0.205 e. The third-order valence-electron chi connectivity index (χ3n) is 3.11. The number of rotatable bonds is 5. The molecule has 5 heteroatoms. The molecule has 0 spiro atoms. The van der Waals surface area contributed by atoms with Crippen LogP contribution >= 0.6 is 0 Å². The minimum Gasteiger partial charge on any atom is -0.383 e. The van der Waals surface area contributed by atoms with Crippen LogP contribution < -0.4 is 10.2 Å². The fourth-order valence-electron chi connectivity index (χ4n) is 2.13. The van der Waals surface area contributed by atoms with Crippen LogP contribution in [0.1, 0.15) is 6.42 Å². The van der Waals surface area contributed by atoms with Gasteiger partial charge in [-0.05, 0) is 13.5 Å². The van der Waals surface area contributed by atoms with Gasteiger partial charge in [-0.15, -0.1) is 0 Å². The minimum absolute atomic E-state index is 0.590. The number of ether oxygens (including phenoxy) is 1. The van der Waals surface area contributed by atoms with Gasteiger partial charge in [0, 0.05) is 45.2 Å². The average molecular weight is 224 g/mol. The van der Waals surface area contributed by atoms with Crippen molar-refractivity contribution in [1.82, 2.24) is 14.9 Å². The third-order valence-corrected chi connectivity index (χ3v) is 3.11. The number of anilines is 1. The molecule has 1 atom stereocenters. The first-order chi connectivity index (χ1) is 7.85. The van der Waals surface area contributed by atoms with Gasteiger partial charge < -0.3 is 19.5 Å². The second-order valence-electron chi connectivity index (χ2n) is 4.13. The van der Waals surface area contributed by atoms with Crippen molar-refractivity contribution in [2.75, 3.05) is 38.8 Å². The van der Waals surface area contributed by atoms with E-state index in [-0.39, 0.29) is 0 Å². The zero-order valence-corrected chi connectivity index (χ0v) is 10.0. The van der Waals surface area contributed by atoms with Gasteiger partial charge in [-0.2, -0.15) is 0 Å². The first-order valence-electron chi connectivity index (χ1n) is 5.77. The Balaban J connectivity index is 2.00. The highest BCUT2D eigenvalue weighted by Gasteiger charge is 2.23. The summed E-state index contributed by atoms with van der Waals surface area (Å²) in [6, 6.07) is 0.590. The van der Waals surface area contributed by atoms with E-state index < -0.39 is 0 Å². The van der Waals surface area contributed by atoms with Crippen LogP contribution in [0.4, 0.5) is 5.95 Å². The van der Waals surface area contributed by atoms with Gasteiger partial charge in [0.05, 0.1) is 6.61 Å². The van der Waals surface area contributed by atoms with Crippen molar-refractivity contribution >= 4 is 5.95 Å². The van der Waals surface area contributed by atoms with Crippen molar-refractivity contribution in [1.29, 1.82) is 0 Å². The molecular weight excluding hydrogens is 204 g/mol. The molecule has 1 aliphatic heterocycles. The molecule has 0 saturated carbocycles. The maximum absolute atomic E-state index is 5.10. The van der Waals surface area contributed by atoms with Crippen molar-refractivity contribution in [3.63, 3.8) is 0 Å². The SMILES string of the molecule is CNC1CCN(c2nccn2CCOC)C1. The maximum atomic E-state index is 5.10. The molecule has 0 aromatic carbocycles. The summed E-state index contributed by atoms with van der Waals surface area (Å²) in [4.78, 5) is 6.76. The second kappa shape index (κ2) is 5.32. The summed E-state index contributed by atoms with van der Waals surface area (Å²) in [5.41, 5.74) is 0. The number of hydrogen-bond donors (Lipinski definition) is 1. The van der Waals surface area contributed by atoms with E-state index in [1.807, 2.05) is 19.4 Å². The summed E-state index contributed by atoms with van der Waals surface area (Å²) >= 11 is 0. The number of likely N-dealkylation sites (N-methyl/N-ethyl adjacent to an activating group) is 1. The highest BCUT2D eigenvalue weighted by atomic mass is 16.5. The predicted octanol–water partition coefficient (Wildman–Crippen LogP) is 0.328. The second-order valence-corrected chi connectivity index (χ2v) is 4.13. The highest BCUT2D eigenvalue weighted by molar-refractivity contribution is 5.33. The number of nitrogens with one attached hydrogen (secondary N) is 1. The Hall–Kier alpha value is -1.07. The molecule has 0 aliphatic carbocycles. The van der Waals surface area contributed by atoms with Gasteiger partial charge in [-0.1, -0.05) is 0 Å². The quantitative estimate of drug-likeness (QED) is 0.782. The summed E-state index contributed by atoms with van der Waals surface area (Å²) in [6.45, 7) is 3.72. The van der Waals surface area contributed by atoms with Gasteiger partial charge >= 0.3 is 0 Å². The fourth-order valence-corrected chi connectivity index (χ4v) is 2.13. The number of nitrogens with zero attached hydrogens (tertiary/aromatic N) is 3. The number of imidazole rings is 1. The Morgan fingerprint density at radius 3 is 3.19 bits per heavy atom. The predicted molar refractivity (Wildman–Crippen MR) is 63.8 cm³/mol. The van der Waals surface area contributed by atoms with Crippen LogP contribution in [0.3, 0.4) is 0 Å². The molecule has 1 aromatic rings. The molecule has 1 N–H and O–H groups in total. The van der Waals surface area contributed by atoms with Crippen LogP contribution in [0, 0.1) is 0 Å². The molecular formula is C11H20N4O. The molecule has 16 heavy (non-hydrogen) atoms. The van der Waals surface area contributed by atoms with Crippen LogP contribution in [0.2, 0.25) is 0 Å². The van der Waals surface area contributed by atoms with Crippen molar-refractivity contribution in [2.45, 2.75) is 19.0 Å². The zero-order chi connectivity index (χ0) is 11.4. The van der Waals surface area contributed by atoms with E-state index in [1.54, 1.807) is 7.11 Å². The largest absolute Gasteiger partial charge is 0.383 e. The van der Waals surface area contributed by atoms with Gasteiger partial charge in [-0.3, -0.25) is 0 Å². The van der Waals surface area contributed by atoms with Crippen molar-refractivity contribution in [2.24, 2.45) is 0 Å². The molecule has 1 aliphatic rings. The molecule has 0 amide bonds. The molecule has 0 radical (unpaired) electrons.